The molecule has 3 rings (SSSR count). The van der Waals surface area contributed by atoms with Crippen LogP contribution >= 0.6 is 11.6 Å². The average Bonchev–Trinajstić information content (AvgIpc) is 2.81. The van der Waals surface area contributed by atoms with E-state index in [4.69, 9.17) is 21.1 Å². The molecule has 0 aliphatic rings. The van der Waals surface area contributed by atoms with Crippen LogP contribution in [0.5, 0.6) is 11.5 Å². The molecule has 3 aromatic rings. The SMILES string of the molecule is COc1cccc(CNC(=O)Cn2c(-c3cccc(Cl)c3)nc(C)c(CCO)c2=O)c1OC. The van der Waals surface area contributed by atoms with Crippen molar-refractivity contribution in [1.29, 1.82) is 0 Å². The van der Waals surface area contributed by atoms with Crippen molar-refractivity contribution in [3.63, 3.8) is 0 Å². The average molecular weight is 472 g/mol. The highest BCUT2D eigenvalue weighted by Gasteiger charge is 2.18. The number of hydrogen-bond acceptors (Lipinski definition) is 6. The van der Waals surface area contributed by atoms with E-state index in [2.05, 4.69) is 10.3 Å². The minimum Gasteiger partial charge on any atom is -0.493 e. The molecule has 0 spiro atoms. The molecule has 1 amide bonds. The Morgan fingerprint density at radius 3 is 2.61 bits per heavy atom. The predicted molar refractivity (Wildman–Crippen MR) is 126 cm³/mol. The number of carbonyl (C=O) groups excluding carboxylic acids is 1. The van der Waals surface area contributed by atoms with Crippen molar-refractivity contribution in [2.45, 2.75) is 26.4 Å². The minimum atomic E-state index is -0.383. The number of carbonyl (C=O) groups is 1. The lowest BCUT2D eigenvalue weighted by atomic mass is 10.1. The highest BCUT2D eigenvalue weighted by atomic mass is 35.5. The molecule has 0 saturated heterocycles. The molecule has 2 aromatic carbocycles. The van der Waals surface area contributed by atoms with Gasteiger partial charge in [-0.15, -0.1) is 0 Å². The van der Waals surface area contributed by atoms with Gasteiger partial charge in [0.2, 0.25) is 5.91 Å². The van der Waals surface area contributed by atoms with Gasteiger partial charge in [-0.05, 0) is 25.1 Å². The Morgan fingerprint density at radius 2 is 1.94 bits per heavy atom. The van der Waals surface area contributed by atoms with E-state index in [1.54, 1.807) is 50.4 Å². The van der Waals surface area contributed by atoms with Crippen molar-refractivity contribution < 1.29 is 19.4 Å². The van der Waals surface area contributed by atoms with E-state index in [1.165, 1.54) is 11.7 Å². The largest absolute Gasteiger partial charge is 0.493 e. The van der Waals surface area contributed by atoms with Crippen LogP contribution in [0.3, 0.4) is 0 Å². The number of methoxy groups -OCH3 is 2. The summed E-state index contributed by atoms with van der Waals surface area (Å²) in [5.74, 6) is 1.03. The number of nitrogens with zero attached hydrogens (tertiary/aromatic N) is 2. The Morgan fingerprint density at radius 1 is 1.18 bits per heavy atom. The summed E-state index contributed by atoms with van der Waals surface area (Å²) in [5.41, 5.74) is 1.84. The number of rotatable bonds is 9. The van der Waals surface area contributed by atoms with Gasteiger partial charge in [-0.3, -0.25) is 14.2 Å². The van der Waals surface area contributed by atoms with Crippen LogP contribution < -0.4 is 20.3 Å². The van der Waals surface area contributed by atoms with E-state index in [1.807, 2.05) is 6.07 Å². The zero-order chi connectivity index (χ0) is 24.0. The smallest absolute Gasteiger partial charge is 0.257 e. The lowest BCUT2D eigenvalue weighted by Gasteiger charge is -2.17. The molecule has 0 radical (unpaired) electrons. The maximum absolute atomic E-state index is 13.2. The first-order valence-corrected chi connectivity index (χ1v) is 10.7. The van der Waals surface area contributed by atoms with Crippen LogP contribution in [0.1, 0.15) is 16.8 Å². The third kappa shape index (κ3) is 5.53. The first-order valence-electron chi connectivity index (χ1n) is 10.3. The summed E-state index contributed by atoms with van der Waals surface area (Å²) in [6.07, 6.45) is 0.149. The lowest BCUT2D eigenvalue weighted by Crippen LogP contribution is -2.35. The summed E-state index contributed by atoms with van der Waals surface area (Å²) >= 11 is 6.13. The van der Waals surface area contributed by atoms with Crippen LogP contribution in [0, 0.1) is 6.92 Å². The van der Waals surface area contributed by atoms with Gasteiger partial charge in [-0.2, -0.15) is 0 Å². The second kappa shape index (κ2) is 11.0. The number of halogens is 1. The van der Waals surface area contributed by atoms with Gasteiger partial charge in [-0.25, -0.2) is 4.98 Å². The number of benzene rings is 2. The third-order valence-corrected chi connectivity index (χ3v) is 5.41. The van der Waals surface area contributed by atoms with Crippen LogP contribution in [-0.2, 0) is 24.3 Å². The van der Waals surface area contributed by atoms with Crippen molar-refractivity contribution in [1.82, 2.24) is 14.9 Å². The van der Waals surface area contributed by atoms with Gasteiger partial charge in [0.25, 0.3) is 5.56 Å². The molecule has 0 atom stereocenters. The van der Waals surface area contributed by atoms with E-state index in [-0.39, 0.29) is 37.6 Å². The summed E-state index contributed by atoms with van der Waals surface area (Å²) in [4.78, 5) is 30.6. The van der Waals surface area contributed by atoms with Crippen LogP contribution in [0.4, 0.5) is 0 Å². The summed E-state index contributed by atoms with van der Waals surface area (Å²) in [5, 5.41) is 12.7. The molecule has 33 heavy (non-hydrogen) atoms. The van der Waals surface area contributed by atoms with Gasteiger partial charge in [0.05, 0.1) is 14.2 Å². The topological polar surface area (TPSA) is 103 Å². The van der Waals surface area contributed by atoms with Crippen LogP contribution in [-0.4, -0.2) is 41.4 Å². The maximum Gasteiger partial charge on any atom is 0.257 e. The number of aliphatic hydroxyl groups is 1. The molecule has 0 aliphatic carbocycles. The second-order valence-electron chi connectivity index (χ2n) is 7.30. The molecule has 0 unspecified atom stereocenters. The zero-order valence-corrected chi connectivity index (χ0v) is 19.5. The van der Waals surface area contributed by atoms with Crippen molar-refractivity contribution in [3.05, 3.63) is 74.7 Å². The highest BCUT2D eigenvalue weighted by molar-refractivity contribution is 6.30. The van der Waals surface area contributed by atoms with Gasteiger partial charge in [0, 0.05) is 47.0 Å². The van der Waals surface area contributed by atoms with Gasteiger partial charge < -0.3 is 19.9 Å². The Balaban J connectivity index is 1.93. The summed E-state index contributed by atoms with van der Waals surface area (Å²) in [7, 11) is 3.07. The van der Waals surface area contributed by atoms with Crippen molar-refractivity contribution in [3.8, 4) is 22.9 Å². The number of hydrogen-bond donors (Lipinski definition) is 2. The standard InChI is InChI=1S/C24H26ClN3O5/c1-15-19(10-11-29)24(31)28(23(27-15)16-6-4-8-18(25)12-16)14-21(30)26-13-17-7-5-9-20(32-2)22(17)33-3/h4-9,12,29H,10-11,13-14H2,1-3H3,(H,26,30). The first kappa shape index (κ1) is 24.3. The summed E-state index contributed by atoms with van der Waals surface area (Å²) in [6.45, 7) is 1.44. The normalized spacial score (nSPS) is 10.7. The fourth-order valence-corrected chi connectivity index (χ4v) is 3.77. The maximum atomic E-state index is 13.2. The van der Waals surface area contributed by atoms with Crippen molar-refractivity contribution >= 4 is 17.5 Å². The van der Waals surface area contributed by atoms with E-state index < -0.39 is 0 Å². The molecule has 9 heteroatoms. The number of para-hydroxylation sites is 1. The van der Waals surface area contributed by atoms with Gasteiger partial charge in [-0.1, -0.05) is 35.9 Å². The molecule has 0 aliphatic heterocycles. The Kier molecular flexibility index (Phi) is 8.08. The fraction of sp³-hybridized carbons (Fsp3) is 0.292. The number of nitrogens with one attached hydrogen (secondary N) is 1. The molecule has 0 saturated carbocycles. The molecular weight excluding hydrogens is 446 g/mol. The predicted octanol–water partition coefficient (Wildman–Crippen LogP) is 2.74. The molecule has 2 N–H and O–H groups in total. The Bertz CT molecular complexity index is 1210. The minimum absolute atomic E-state index is 0.149. The first-order chi connectivity index (χ1) is 15.9. The van der Waals surface area contributed by atoms with E-state index >= 15 is 0 Å². The highest BCUT2D eigenvalue weighted by Crippen LogP contribution is 2.30. The molecule has 0 fully saturated rings. The number of aryl methyl sites for hydroxylation is 1. The summed E-state index contributed by atoms with van der Waals surface area (Å²) < 4.78 is 12.0. The van der Waals surface area contributed by atoms with Crippen LogP contribution in [0.2, 0.25) is 5.02 Å². The molecule has 174 valence electrons. The summed E-state index contributed by atoms with van der Waals surface area (Å²) in [6, 6.07) is 12.3. The Labute approximate surface area is 196 Å². The Hall–Kier alpha value is -3.36. The molecule has 8 nitrogen and oxygen atoms in total. The molecular formula is C24H26ClN3O5. The fourth-order valence-electron chi connectivity index (χ4n) is 3.58. The van der Waals surface area contributed by atoms with Crippen molar-refractivity contribution in [2.75, 3.05) is 20.8 Å². The number of amides is 1. The second-order valence-corrected chi connectivity index (χ2v) is 7.74. The van der Waals surface area contributed by atoms with Crippen molar-refractivity contribution in [2.24, 2.45) is 0 Å². The van der Waals surface area contributed by atoms with Crippen LogP contribution in [0.15, 0.2) is 47.3 Å². The molecule has 1 aromatic heterocycles. The monoisotopic (exact) mass is 471 g/mol. The van der Waals surface area contributed by atoms with Gasteiger partial charge >= 0.3 is 0 Å². The molecule has 0 bridgehead atoms. The quantitative estimate of drug-likeness (QED) is 0.497. The van der Waals surface area contributed by atoms with E-state index in [0.29, 0.717) is 39.2 Å². The number of aromatic nitrogens is 2. The van der Waals surface area contributed by atoms with E-state index in [9.17, 15) is 14.7 Å². The third-order valence-electron chi connectivity index (χ3n) is 5.18. The van der Waals surface area contributed by atoms with Gasteiger partial charge in [0.15, 0.2) is 11.5 Å². The van der Waals surface area contributed by atoms with Gasteiger partial charge in [0.1, 0.15) is 12.4 Å². The zero-order valence-electron chi connectivity index (χ0n) is 18.7. The number of aliphatic hydroxyl groups excluding tert-OH is 1. The van der Waals surface area contributed by atoms with E-state index in [0.717, 1.165) is 5.56 Å². The molecule has 1 heterocycles. The number of ether oxygens (including phenoxy) is 2. The lowest BCUT2D eigenvalue weighted by molar-refractivity contribution is -0.121. The van der Waals surface area contributed by atoms with Crippen LogP contribution in [0.25, 0.3) is 11.4 Å².